The van der Waals surface area contributed by atoms with E-state index in [4.69, 9.17) is 4.74 Å². The van der Waals surface area contributed by atoms with Gasteiger partial charge in [-0.25, -0.2) is 4.98 Å². The number of aromatic nitrogens is 2. The summed E-state index contributed by atoms with van der Waals surface area (Å²) in [7, 11) is 1.77. The summed E-state index contributed by atoms with van der Waals surface area (Å²) in [6.07, 6.45) is 3.78. The van der Waals surface area contributed by atoms with Crippen molar-refractivity contribution in [2.24, 2.45) is 0 Å². The fourth-order valence-corrected chi connectivity index (χ4v) is 2.10. The zero-order valence-corrected chi connectivity index (χ0v) is 12.7. The highest BCUT2D eigenvalue weighted by Crippen LogP contribution is 2.18. The van der Waals surface area contributed by atoms with E-state index in [2.05, 4.69) is 16.0 Å². The van der Waals surface area contributed by atoms with Gasteiger partial charge in [-0.1, -0.05) is 17.7 Å². The molecule has 0 atom stereocenters. The van der Waals surface area contributed by atoms with Crippen molar-refractivity contribution in [3.8, 4) is 5.75 Å². The molecule has 21 heavy (non-hydrogen) atoms. The van der Waals surface area contributed by atoms with Gasteiger partial charge in [-0.05, 0) is 25.5 Å². The van der Waals surface area contributed by atoms with Crippen LogP contribution in [0.1, 0.15) is 23.4 Å². The molecule has 0 aliphatic rings. The Labute approximate surface area is 125 Å². The summed E-state index contributed by atoms with van der Waals surface area (Å²) in [6, 6.07) is 6.02. The van der Waals surface area contributed by atoms with Crippen molar-refractivity contribution < 1.29 is 9.53 Å². The first-order valence-electron chi connectivity index (χ1n) is 6.98. The topological polar surface area (TPSA) is 58.2 Å². The monoisotopic (exact) mass is 287 g/mol. The third kappa shape index (κ3) is 4.34. The number of H-pyrrole nitrogens is 1. The molecule has 5 nitrogen and oxygen atoms in total. The molecule has 0 spiro atoms. The maximum atomic E-state index is 12.0. The molecule has 112 valence electrons. The van der Waals surface area contributed by atoms with E-state index in [0.29, 0.717) is 19.6 Å². The summed E-state index contributed by atoms with van der Waals surface area (Å²) >= 11 is 0. The Morgan fingerprint density at radius 3 is 2.86 bits per heavy atom. The maximum Gasteiger partial charge on any atom is 0.226 e. The molecule has 0 bridgehead atoms. The van der Waals surface area contributed by atoms with E-state index >= 15 is 0 Å². The van der Waals surface area contributed by atoms with Gasteiger partial charge in [0.15, 0.2) is 0 Å². The number of imidazole rings is 1. The fraction of sp³-hybridized carbons (Fsp3) is 0.375. The molecule has 1 N–H and O–H groups in total. The molecule has 5 heteroatoms. The minimum Gasteiger partial charge on any atom is -0.493 e. The largest absolute Gasteiger partial charge is 0.493 e. The third-order valence-corrected chi connectivity index (χ3v) is 3.27. The van der Waals surface area contributed by atoms with Crippen molar-refractivity contribution in [2.75, 3.05) is 13.7 Å². The first kappa shape index (κ1) is 15.1. The van der Waals surface area contributed by atoms with E-state index in [-0.39, 0.29) is 5.91 Å². The van der Waals surface area contributed by atoms with Crippen LogP contribution in [-0.4, -0.2) is 34.4 Å². The summed E-state index contributed by atoms with van der Waals surface area (Å²) < 4.78 is 5.68. The lowest BCUT2D eigenvalue weighted by molar-refractivity contribution is -0.131. The number of hydrogen-bond acceptors (Lipinski definition) is 3. The molecule has 0 saturated carbocycles. The first-order chi connectivity index (χ1) is 10.1. The number of nitrogens with zero attached hydrogens (tertiary/aromatic N) is 2. The van der Waals surface area contributed by atoms with E-state index in [1.807, 2.05) is 26.0 Å². The number of carbonyl (C=O) groups excluding carboxylic acids is 1. The Morgan fingerprint density at radius 1 is 1.38 bits per heavy atom. The zero-order valence-electron chi connectivity index (χ0n) is 12.7. The van der Waals surface area contributed by atoms with Crippen LogP contribution in [0.25, 0.3) is 0 Å². The molecule has 2 rings (SSSR count). The van der Waals surface area contributed by atoms with Gasteiger partial charge in [0.1, 0.15) is 11.6 Å². The van der Waals surface area contributed by atoms with Gasteiger partial charge in [-0.3, -0.25) is 4.79 Å². The summed E-state index contributed by atoms with van der Waals surface area (Å²) in [5, 5.41) is 0. The Kier molecular flexibility index (Phi) is 4.98. The first-order valence-corrected chi connectivity index (χ1v) is 6.98. The lowest BCUT2D eigenvalue weighted by Gasteiger charge is -2.16. The maximum absolute atomic E-state index is 12.0. The van der Waals surface area contributed by atoms with E-state index in [1.165, 1.54) is 5.56 Å². The predicted molar refractivity (Wildman–Crippen MR) is 81.1 cm³/mol. The Bertz CT molecular complexity index is 594. The number of ether oxygens (including phenoxy) is 1. The van der Waals surface area contributed by atoms with E-state index in [1.54, 1.807) is 24.3 Å². The van der Waals surface area contributed by atoms with Crippen molar-refractivity contribution in [1.82, 2.24) is 14.9 Å². The summed E-state index contributed by atoms with van der Waals surface area (Å²) in [5.41, 5.74) is 2.29. The smallest absolute Gasteiger partial charge is 0.226 e. The average molecular weight is 287 g/mol. The van der Waals surface area contributed by atoms with Crippen LogP contribution in [0.3, 0.4) is 0 Å². The fourth-order valence-electron chi connectivity index (χ4n) is 2.10. The summed E-state index contributed by atoms with van der Waals surface area (Å²) in [4.78, 5) is 20.7. The second-order valence-corrected chi connectivity index (χ2v) is 5.15. The highest BCUT2D eigenvalue weighted by molar-refractivity contribution is 5.75. The molecule has 0 aliphatic carbocycles. The molecular weight excluding hydrogens is 266 g/mol. The van der Waals surface area contributed by atoms with Gasteiger partial charge in [0.2, 0.25) is 5.91 Å². The van der Waals surface area contributed by atoms with Gasteiger partial charge in [-0.15, -0.1) is 0 Å². The SMILES string of the molecule is Cc1ccc(OCCC(=O)N(C)Cc2ncc[nH]2)c(C)c1. The third-order valence-electron chi connectivity index (χ3n) is 3.27. The Balaban J connectivity index is 1.78. The van der Waals surface area contributed by atoms with E-state index in [0.717, 1.165) is 17.1 Å². The lowest BCUT2D eigenvalue weighted by Crippen LogP contribution is -2.28. The van der Waals surface area contributed by atoms with Crippen LogP contribution in [-0.2, 0) is 11.3 Å². The molecule has 1 aromatic heterocycles. The van der Waals surface area contributed by atoms with Crippen molar-refractivity contribution in [2.45, 2.75) is 26.8 Å². The average Bonchev–Trinajstić information content (AvgIpc) is 2.94. The molecule has 1 aromatic carbocycles. The number of hydrogen-bond donors (Lipinski definition) is 1. The van der Waals surface area contributed by atoms with E-state index < -0.39 is 0 Å². The molecule has 1 heterocycles. The molecule has 0 radical (unpaired) electrons. The van der Waals surface area contributed by atoms with Crippen molar-refractivity contribution in [3.63, 3.8) is 0 Å². The molecule has 0 saturated heterocycles. The molecule has 2 aromatic rings. The normalized spacial score (nSPS) is 10.4. The van der Waals surface area contributed by atoms with Crippen LogP contribution < -0.4 is 4.74 Å². The van der Waals surface area contributed by atoms with Gasteiger partial charge in [0.05, 0.1) is 19.6 Å². The molecule has 0 unspecified atom stereocenters. The molecule has 0 fully saturated rings. The van der Waals surface area contributed by atoms with Crippen LogP contribution >= 0.6 is 0 Å². The highest BCUT2D eigenvalue weighted by Gasteiger charge is 2.10. The quantitative estimate of drug-likeness (QED) is 0.888. The number of nitrogens with one attached hydrogen (secondary N) is 1. The summed E-state index contributed by atoms with van der Waals surface area (Å²) in [5.74, 6) is 1.65. The summed E-state index contributed by atoms with van der Waals surface area (Å²) in [6.45, 7) is 4.91. The van der Waals surface area contributed by atoms with Crippen LogP contribution in [0.15, 0.2) is 30.6 Å². The van der Waals surface area contributed by atoms with Gasteiger partial charge < -0.3 is 14.6 Å². The van der Waals surface area contributed by atoms with Crippen LogP contribution in [0, 0.1) is 13.8 Å². The van der Waals surface area contributed by atoms with Gasteiger partial charge in [0, 0.05) is 19.4 Å². The van der Waals surface area contributed by atoms with Crippen LogP contribution in [0.2, 0.25) is 0 Å². The Morgan fingerprint density at radius 2 is 2.19 bits per heavy atom. The number of carbonyl (C=O) groups is 1. The van der Waals surface area contributed by atoms with Gasteiger partial charge in [-0.2, -0.15) is 0 Å². The minimum atomic E-state index is 0.0381. The number of aryl methyl sites for hydroxylation is 2. The molecule has 1 amide bonds. The van der Waals surface area contributed by atoms with Crippen molar-refractivity contribution in [3.05, 3.63) is 47.5 Å². The Hall–Kier alpha value is -2.30. The molecular formula is C16H21N3O2. The van der Waals surface area contributed by atoms with Crippen molar-refractivity contribution >= 4 is 5.91 Å². The zero-order chi connectivity index (χ0) is 15.2. The highest BCUT2D eigenvalue weighted by atomic mass is 16.5. The number of amides is 1. The van der Waals surface area contributed by atoms with Crippen LogP contribution in [0.5, 0.6) is 5.75 Å². The number of rotatable bonds is 6. The number of benzene rings is 1. The second kappa shape index (κ2) is 6.92. The van der Waals surface area contributed by atoms with E-state index in [9.17, 15) is 4.79 Å². The van der Waals surface area contributed by atoms with Crippen LogP contribution in [0.4, 0.5) is 0 Å². The van der Waals surface area contributed by atoms with Gasteiger partial charge >= 0.3 is 0 Å². The standard InChI is InChI=1S/C16H21N3O2/c1-12-4-5-14(13(2)10-12)21-9-6-16(20)19(3)11-15-17-7-8-18-15/h4-5,7-8,10H,6,9,11H2,1-3H3,(H,17,18). The minimum absolute atomic E-state index is 0.0381. The van der Waals surface area contributed by atoms with Crippen molar-refractivity contribution in [1.29, 1.82) is 0 Å². The number of aromatic amines is 1. The predicted octanol–water partition coefficient (Wildman–Crippen LogP) is 2.45. The van der Waals surface area contributed by atoms with Gasteiger partial charge in [0.25, 0.3) is 0 Å². The lowest BCUT2D eigenvalue weighted by atomic mass is 10.1. The second-order valence-electron chi connectivity index (χ2n) is 5.15. The molecule has 0 aliphatic heterocycles.